The number of nitro benzene ring substituents is 1. The molecule has 5 nitrogen and oxygen atoms in total. The largest absolute Gasteiger partial charge is 0.396 e. The van der Waals surface area contributed by atoms with Gasteiger partial charge in [0.2, 0.25) is 0 Å². The maximum atomic E-state index is 10.9. The molecule has 0 heterocycles. The monoisotopic (exact) mass is 238 g/mol. The van der Waals surface area contributed by atoms with E-state index in [4.69, 9.17) is 5.11 Å². The maximum Gasteiger partial charge on any atom is 0.292 e. The van der Waals surface area contributed by atoms with Crippen molar-refractivity contribution < 1.29 is 10.0 Å². The van der Waals surface area contributed by atoms with E-state index >= 15 is 0 Å². The highest BCUT2D eigenvalue weighted by molar-refractivity contribution is 5.62. The number of aliphatic hydroxyl groups is 1. The SMILES string of the molecule is Cc1ccc(NCC(C)(C)CO)c([N+](=O)[O-])c1. The highest BCUT2D eigenvalue weighted by Gasteiger charge is 2.19. The summed E-state index contributed by atoms with van der Waals surface area (Å²) in [6.45, 7) is 6.10. The summed E-state index contributed by atoms with van der Waals surface area (Å²) in [4.78, 5) is 10.5. The van der Waals surface area contributed by atoms with Crippen molar-refractivity contribution in [3.63, 3.8) is 0 Å². The van der Waals surface area contributed by atoms with Crippen LogP contribution in [0.1, 0.15) is 19.4 Å². The Morgan fingerprint density at radius 1 is 1.47 bits per heavy atom. The lowest BCUT2D eigenvalue weighted by atomic mass is 9.95. The topological polar surface area (TPSA) is 75.4 Å². The lowest BCUT2D eigenvalue weighted by Crippen LogP contribution is -2.27. The predicted octanol–water partition coefficient (Wildman–Crippen LogP) is 2.33. The van der Waals surface area contributed by atoms with Crippen LogP contribution < -0.4 is 5.32 Å². The fraction of sp³-hybridized carbons (Fsp3) is 0.500. The number of anilines is 1. The van der Waals surface area contributed by atoms with E-state index in [1.165, 1.54) is 6.07 Å². The molecule has 94 valence electrons. The van der Waals surface area contributed by atoms with E-state index in [9.17, 15) is 10.1 Å². The third-order valence-corrected chi connectivity index (χ3v) is 2.54. The molecule has 0 aliphatic rings. The molecule has 1 aromatic rings. The van der Waals surface area contributed by atoms with E-state index in [2.05, 4.69) is 5.32 Å². The minimum absolute atomic E-state index is 0.0274. The summed E-state index contributed by atoms with van der Waals surface area (Å²) in [6.07, 6.45) is 0. The van der Waals surface area contributed by atoms with Gasteiger partial charge in [-0.15, -0.1) is 0 Å². The second-order valence-corrected chi connectivity index (χ2v) is 4.95. The van der Waals surface area contributed by atoms with Gasteiger partial charge in [0.05, 0.1) is 4.92 Å². The zero-order valence-corrected chi connectivity index (χ0v) is 10.4. The fourth-order valence-corrected chi connectivity index (χ4v) is 1.33. The van der Waals surface area contributed by atoms with E-state index in [1.54, 1.807) is 6.07 Å². The average Bonchev–Trinajstić information content (AvgIpc) is 2.27. The first-order valence-corrected chi connectivity index (χ1v) is 5.45. The summed E-state index contributed by atoms with van der Waals surface area (Å²) in [5, 5.41) is 23.0. The molecule has 0 aliphatic carbocycles. The van der Waals surface area contributed by atoms with E-state index in [1.807, 2.05) is 26.8 Å². The average molecular weight is 238 g/mol. The van der Waals surface area contributed by atoms with Gasteiger partial charge in [0.15, 0.2) is 0 Å². The van der Waals surface area contributed by atoms with Crippen molar-refractivity contribution in [1.29, 1.82) is 0 Å². The number of nitrogens with zero attached hydrogens (tertiary/aromatic N) is 1. The molecule has 0 aromatic heterocycles. The van der Waals surface area contributed by atoms with Crippen LogP contribution >= 0.6 is 0 Å². The Kier molecular flexibility index (Phi) is 4.07. The van der Waals surface area contributed by atoms with Crippen molar-refractivity contribution in [2.75, 3.05) is 18.5 Å². The molecule has 5 heteroatoms. The van der Waals surface area contributed by atoms with Gasteiger partial charge in [0.25, 0.3) is 5.69 Å². The lowest BCUT2D eigenvalue weighted by Gasteiger charge is -2.22. The van der Waals surface area contributed by atoms with Crippen LogP contribution in [0.5, 0.6) is 0 Å². The highest BCUT2D eigenvalue weighted by atomic mass is 16.6. The molecule has 0 bridgehead atoms. The van der Waals surface area contributed by atoms with Crippen LogP contribution in [0.25, 0.3) is 0 Å². The van der Waals surface area contributed by atoms with E-state index in [0.29, 0.717) is 12.2 Å². The molecule has 0 amide bonds. The van der Waals surface area contributed by atoms with Crippen LogP contribution in [0.15, 0.2) is 18.2 Å². The third-order valence-electron chi connectivity index (χ3n) is 2.54. The number of hydrogen-bond acceptors (Lipinski definition) is 4. The van der Waals surface area contributed by atoms with Gasteiger partial charge < -0.3 is 10.4 Å². The zero-order chi connectivity index (χ0) is 13.1. The van der Waals surface area contributed by atoms with Gasteiger partial charge in [-0.05, 0) is 18.6 Å². The van der Waals surface area contributed by atoms with Gasteiger partial charge in [-0.25, -0.2) is 0 Å². The fourth-order valence-electron chi connectivity index (χ4n) is 1.33. The number of benzene rings is 1. The zero-order valence-electron chi connectivity index (χ0n) is 10.4. The van der Waals surface area contributed by atoms with Crippen molar-refractivity contribution in [1.82, 2.24) is 0 Å². The quantitative estimate of drug-likeness (QED) is 0.609. The van der Waals surface area contributed by atoms with Gasteiger partial charge >= 0.3 is 0 Å². The van der Waals surface area contributed by atoms with Crippen LogP contribution in [-0.2, 0) is 0 Å². The Morgan fingerprint density at radius 3 is 2.65 bits per heavy atom. The molecule has 17 heavy (non-hydrogen) atoms. The molecule has 0 spiro atoms. The Labute approximate surface area is 101 Å². The molecule has 0 saturated heterocycles. The van der Waals surface area contributed by atoms with Crippen molar-refractivity contribution in [2.24, 2.45) is 5.41 Å². The normalized spacial score (nSPS) is 11.3. The predicted molar refractivity (Wildman–Crippen MR) is 67.2 cm³/mol. The molecule has 1 aromatic carbocycles. The standard InChI is InChI=1S/C12H18N2O3/c1-9-4-5-10(11(6-9)14(16)17)13-7-12(2,3)8-15/h4-6,13,15H,7-8H2,1-3H3. The van der Waals surface area contributed by atoms with E-state index in [0.717, 1.165) is 5.56 Å². The summed E-state index contributed by atoms with van der Waals surface area (Å²) in [7, 11) is 0. The minimum Gasteiger partial charge on any atom is -0.396 e. The number of nitro groups is 1. The smallest absolute Gasteiger partial charge is 0.292 e. The molecule has 2 N–H and O–H groups in total. The van der Waals surface area contributed by atoms with Gasteiger partial charge in [0, 0.05) is 24.6 Å². The Morgan fingerprint density at radius 2 is 2.12 bits per heavy atom. The first-order valence-electron chi connectivity index (χ1n) is 5.45. The molecule has 0 unspecified atom stereocenters. The molecule has 1 rings (SSSR count). The summed E-state index contributed by atoms with van der Waals surface area (Å²) in [5.41, 5.74) is 1.10. The van der Waals surface area contributed by atoms with Gasteiger partial charge in [-0.2, -0.15) is 0 Å². The van der Waals surface area contributed by atoms with E-state index in [-0.39, 0.29) is 17.7 Å². The van der Waals surface area contributed by atoms with Crippen molar-refractivity contribution >= 4 is 11.4 Å². The van der Waals surface area contributed by atoms with Crippen molar-refractivity contribution in [3.8, 4) is 0 Å². The number of nitrogens with one attached hydrogen (secondary N) is 1. The summed E-state index contributed by atoms with van der Waals surface area (Å²) in [6, 6.07) is 5.05. The first kappa shape index (κ1) is 13.4. The van der Waals surface area contributed by atoms with Crippen molar-refractivity contribution in [3.05, 3.63) is 33.9 Å². The van der Waals surface area contributed by atoms with Crippen LogP contribution in [-0.4, -0.2) is 23.2 Å². The second-order valence-electron chi connectivity index (χ2n) is 4.95. The summed E-state index contributed by atoms with van der Waals surface area (Å²) >= 11 is 0. The van der Waals surface area contributed by atoms with Crippen molar-refractivity contribution in [2.45, 2.75) is 20.8 Å². The first-order chi connectivity index (χ1) is 7.85. The summed E-state index contributed by atoms with van der Waals surface area (Å²) < 4.78 is 0. The highest BCUT2D eigenvalue weighted by Crippen LogP contribution is 2.26. The molecular formula is C12H18N2O3. The summed E-state index contributed by atoms with van der Waals surface area (Å²) in [5.74, 6) is 0. The van der Waals surface area contributed by atoms with Gasteiger partial charge in [0.1, 0.15) is 5.69 Å². The van der Waals surface area contributed by atoms with Crippen LogP contribution in [0, 0.1) is 22.5 Å². The maximum absolute atomic E-state index is 10.9. The molecule has 0 radical (unpaired) electrons. The number of aliphatic hydroxyl groups excluding tert-OH is 1. The van der Waals surface area contributed by atoms with Gasteiger partial charge in [-0.3, -0.25) is 10.1 Å². The number of hydrogen-bond donors (Lipinski definition) is 2. The third kappa shape index (κ3) is 3.71. The Balaban J connectivity index is 2.88. The minimum atomic E-state index is -0.402. The molecule has 0 saturated carbocycles. The number of rotatable bonds is 5. The molecule has 0 atom stereocenters. The second kappa shape index (κ2) is 5.14. The molecule has 0 aliphatic heterocycles. The number of aryl methyl sites for hydroxylation is 1. The van der Waals surface area contributed by atoms with Crippen LogP contribution in [0.2, 0.25) is 0 Å². The Bertz CT molecular complexity index is 416. The van der Waals surface area contributed by atoms with E-state index < -0.39 is 4.92 Å². The van der Waals surface area contributed by atoms with Crippen LogP contribution in [0.3, 0.4) is 0 Å². The molecule has 0 fully saturated rings. The molecular weight excluding hydrogens is 220 g/mol. The lowest BCUT2D eigenvalue weighted by molar-refractivity contribution is -0.384. The Hall–Kier alpha value is -1.62. The van der Waals surface area contributed by atoms with Crippen LogP contribution in [0.4, 0.5) is 11.4 Å². The van der Waals surface area contributed by atoms with Gasteiger partial charge in [-0.1, -0.05) is 19.9 Å².